The molecule has 1 heterocycles. The highest BCUT2D eigenvalue weighted by atomic mass is 32.2. The number of hydrogen-bond acceptors (Lipinski definition) is 4. The molecule has 0 radical (unpaired) electrons. The zero-order valence-electron chi connectivity index (χ0n) is 13.7. The number of carbonyl (C=O) groups excluding carboxylic acids is 1. The maximum atomic E-state index is 12.5. The van der Waals surface area contributed by atoms with Gasteiger partial charge in [0.05, 0.1) is 12.4 Å². The molecule has 0 saturated carbocycles. The second-order valence-electron chi connectivity index (χ2n) is 5.46. The summed E-state index contributed by atoms with van der Waals surface area (Å²) < 4.78 is 30.6. The number of rotatable bonds is 6. The van der Waals surface area contributed by atoms with Crippen molar-refractivity contribution in [3.8, 4) is 5.75 Å². The van der Waals surface area contributed by atoms with Crippen molar-refractivity contribution in [1.29, 1.82) is 0 Å². The van der Waals surface area contributed by atoms with Crippen molar-refractivity contribution in [1.82, 2.24) is 9.21 Å². The molecule has 1 aromatic carbocycles. The molecule has 7 heteroatoms. The van der Waals surface area contributed by atoms with Gasteiger partial charge in [0.25, 0.3) is 5.91 Å². The van der Waals surface area contributed by atoms with Gasteiger partial charge in [-0.2, -0.15) is 4.31 Å². The molecule has 0 N–H and O–H groups in total. The average molecular weight is 340 g/mol. The summed E-state index contributed by atoms with van der Waals surface area (Å²) >= 11 is 0. The van der Waals surface area contributed by atoms with E-state index in [1.54, 1.807) is 36.1 Å². The Hall–Kier alpha value is -1.60. The minimum absolute atomic E-state index is 0.0689. The predicted molar refractivity (Wildman–Crippen MR) is 89.2 cm³/mol. The maximum absolute atomic E-state index is 12.5. The molecule has 1 amide bonds. The van der Waals surface area contributed by atoms with E-state index in [-0.39, 0.29) is 11.7 Å². The van der Waals surface area contributed by atoms with Crippen molar-refractivity contribution in [2.24, 2.45) is 0 Å². The van der Waals surface area contributed by atoms with E-state index in [1.165, 1.54) is 4.31 Å². The Morgan fingerprint density at radius 1 is 1.09 bits per heavy atom. The number of ether oxygens (including phenoxy) is 1. The van der Waals surface area contributed by atoms with Crippen LogP contribution in [0.2, 0.25) is 0 Å². The lowest BCUT2D eigenvalue weighted by atomic mass is 10.2. The fourth-order valence-electron chi connectivity index (χ4n) is 2.45. The van der Waals surface area contributed by atoms with Crippen LogP contribution in [0.15, 0.2) is 24.3 Å². The van der Waals surface area contributed by atoms with Crippen molar-refractivity contribution in [3.05, 3.63) is 29.8 Å². The van der Waals surface area contributed by atoms with E-state index in [2.05, 4.69) is 0 Å². The summed E-state index contributed by atoms with van der Waals surface area (Å²) in [6.07, 6.45) is 0.936. The lowest BCUT2D eigenvalue weighted by Gasteiger charge is -2.33. The molecule has 1 saturated heterocycles. The van der Waals surface area contributed by atoms with Crippen LogP contribution in [-0.2, 0) is 10.0 Å². The van der Waals surface area contributed by atoms with Gasteiger partial charge in [-0.1, -0.05) is 6.92 Å². The van der Waals surface area contributed by atoms with Crippen molar-refractivity contribution in [2.45, 2.75) is 20.3 Å². The van der Waals surface area contributed by atoms with Gasteiger partial charge in [0.1, 0.15) is 5.75 Å². The number of amides is 1. The van der Waals surface area contributed by atoms with E-state index in [1.807, 2.05) is 6.92 Å². The normalized spacial score (nSPS) is 16.3. The van der Waals surface area contributed by atoms with Crippen LogP contribution in [0.4, 0.5) is 0 Å². The monoisotopic (exact) mass is 340 g/mol. The highest BCUT2D eigenvalue weighted by Crippen LogP contribution is 2.16. The third-order valence-corrected chi connectivity index (χ3v) is 5.74. The number of nitrogens with zero attached hydrogens (tertiary/aromatic N) is 2. The topological polar surface area (TPSA) is 66.9 Å². The SMILES string of the molecule is CCCOc1ccc(C(=O)N2CCN(S(=O)(=O)CC)CC2)cc1. The first-order valence-electron chi connectivity index (χ1n) is 7.98. The molecule has 1 aliphatic rings. The smallest absolute Gasteiger partial charge is 0.253 e. The van der Waals surface area contributed by atoms with Gasteiger partial charge in [0.15, 0.2) is 0 Å². The van der Waals surface area contributed by atoms with Crippen molar-refractivity contribution in [2.75, 3.05) is 38.5 Å². The first kappa shape index (κ1) is 17.7. The fraction of sp³-hybridized carbons (Fsp3) is 0.562. The highest BCUT2D eigenvalue weighted by molar-refractivity contribution is 7.89. The van der Waals surface area contributed by atoms with Crippen LogP contribution in [0.25, 0.3) is 0 Å². The minimum atomic E-state index is -3.17. The van der Waals surface area contributed by atoms with Crippen LogP contribution in [0, 0.1) is 0 Å². The fourth-order valence-corrected chi connectivity index (χ4v) is 3.53. The first-order chi connectivity index (χ1) is 11.0. The van der Waals surface area contributed by atoms with Crippen LogP contribution in [-0.4, -0.2) is 62.1 Å². The Morgan fingerprint density at radius 3 is 2.22 bits per heavy atom. The second-order valence-corrected chi connectivity index (χ2v) is 7.72. The Kier molecular flexibility index (Phi) is 6.01. The van der Waals surface area contributed by atoms with Crippen LogP contribution in [0.5, 0.6) is 5.75 Å². The molecule has 0 atom stereocenters. The molecule has 1 fully saturated rings. The van der Waals surface area contributed by atoms with Gasteiger partial charge in [-0.15, -0.1) is 0 Å². The minimum Gasteiger partial charge on any atom is -0.494 e. The number of benzene rings is 1. The van der Waals surface area contributed by atoms with Gasteiger partial charge in [0.2, 0.25) is 10.0 Å². The maximum Gasteiger partial charge on any atom is 0.253 e. The van der Waals surface area contributed by atoms with E-state index in [0.717, 1.165) is 12.2 Å². The van der Waals surface area contributed by atoms with Crippen molar-refractivity contribution in [3.63, 3.8) is 0 Å². The zero-order chi connectivity index (χ0) is 16.9. The van der Waals surface area contributed by atoms with Gasteiger partial charge >= 0.3 is 0 Å². The van der Waals surface area contributed by atoms with Gasteiger partial charge in [-0.3, -0.25) is 4.79 Å². The predicted octanol–water partition coefficient (Wildman–Crippen LogP) is 1.58. The summed E-state index contributed by atoms with van der Waals surface area (Å²) in [5.74, 6) is 0.781. The number of piperazine rings is 1. The number of sulfonamides is 1. The number of hydrogen-bond donors (Lipinski definition) is 0. The van der Waals surface area contributed by atoms with E-state index in [4.69, 9.17) is 4.74 Å². The molecule has 0 aromatic heterocycles. The Balaban J connectivity index is 1.94. The summed E-state index contributed by atoms with van der Waals surface area (Å²) in [6, 6.07) is 7.09. The molecular formula is C16H24N2O4S. The van der Waals surface area contributed by atoms with E-state index in [9.17, 15) is 13.2 Å². The summed E-state index contributed by atoms with van der Waals surface area (Å²) in [4.78, 5) is 14.2. The molecular weight excluding hydrogens is 316 g/mol. The quantitative estimate of drug-likeness (QED) is 0.789. The summed E-state index contributed by atoms with van der Waals surface area (Å²) in [6.45, 7) is 5.89. The lowest BCUT2D eigenvalue weighted by molar-refractivity contribution is 0.0698. The van der Waals surface area contributed by atoms with E-state index >= 15 is 0 Å². The lowest BCUT2D eigenvalue weighted by Crippen LogP contribution is -2.50. The van der Waals surface area contributed by atoms with Crippen LogP contribution >= 0.6 is 0 Å². The standard InChI is InChI=1S/C16H24N2O4S/c1-3-13-22-15-7-5-14(6-8-15)16(19)17-9-11-18(12-10-17)23(20,21)4-2/h5-8H,3-4,9-13H2,1-2H3. The largest absolute Gasteiger partial charge is 0.494 e. The molecule has 0 aliphatic carbocycles. The van der Waals surface area contributed by atoms with Crippen LogP contribution in [0.1, 0.15) is 30.6 Å². The summed E-state index contributed by atoms with van der Waals surface area (Å²) in [5.41, 5.74) is 0.598. The summed E-state index contributed by atoms with van der Waals surface area (Å²) in [5, 5.41) is 0. The molecule has 6 nitrogen and oxygen atoms in total. The van der Waals surface area contributed by atoms with Gasteiger partial charge in [-0.05, 0) is 37.6 Å². The Labute approximate surface area is 138 Å². The van der Waals surface area contributed by atoms with Crippen LogP contribution < -0.4 is 4.74 Å². The molecule has 0 spiro atoms. The van der Waals surface area contributed by atoms with Crippen molar-refractivity contribution >= 4 is 15.9 Å². The van der Waals surface area contributed by atoms with E-state index < -0.39 is 10.0 Å². The van der Waals surface area contributed by atoms with Gasteiger partial charge in [-0.25, -0.2) is 8.42 Å². The first-order valence-corrected chi connectivity index (χ1v) is 9.58. The molecule has 1 aromatic rings. The molecule has 0 unspecified atom stereocenters. The van der Waals surface area contributed by atoms with E-state index in [0.29, 0.717) is 38.3 Å². The third-order valence-electron chi connectivity index (χ3n) is 3.86. The average Bonchev–Trinajstić information content (AvgIpc) is 2.60. The molecule has 23 heavy (non-hydrogen) atoms. The molecule has 0 bridgehead atoms. The van der Waals surface area contributed by atoms with Crippen molar-refractivity contribution < 1.29 is 17.9 Å². The Bertz CT molecular complexity index is 620. The Morgan fingerprint density at radius 2 is 1.70 bits per heavy atom. The molecule has 2 rings (SSSR count). The summed E-state index contributed by atoms with van der Waals surface area (Å²) in [7, 11) is -3.17. The molecule has 128 valence electrons. The van der Waals surface area contributed by atoms with Gasteiger partial charge in [0, 0.05) is 31.7 Å². The highest BCUT2D eigenvalue weighted by Gasteiger charge is 2.27. The zero-order valence-corrected chi connectivity index (χ0v) is 14.5. The van der Waals surface area contributed by atoms with Gasteiger partial charge < -0.3 is 9.64 Å². The third kappa shape index (κ3) is 4.45. The number of carbonyl (C=O) groups is 1. The van der Waals surface area contributed by atoms with Crippen LogP contribution in [0.3, 0.4) is 0 Å². The molecule has 1 aliphatic heterocycles. The second kappa shape index (κ2) is 7.79.